The molecule has 0 fully saturated rings. The number of nitriles is 1. The van der Waals surface area contributed by atoms with Crippen molar-refractivity contribution in [1.82, 2.24) is 0 Å². The molecule has 0 unspecified atom stereocenters. The first kappa shape index (κ1) is 12.5. The van der Waals surface area contributed by atoms with E-state index < -0.39 is 0 Å². The first-order valence-electron chi connectivity index (χ1n) is 5.69. The van der Waals surface area contributed by atoms with Crippen molar-refractivity contribution in [3.05, 3.63) is 59.7 Å². The molecule has 0 aliphatic carbocycles. The summed E-state index contributed by atoms with van der Waals surface area (Å²) in [5, 5.41) is 12.2. The van der Waals surface area contributed by atoms with E-state index in [1.54, 1.807) is 11.8 Å². The summed E-state index contributed by atoms with van der Waals surface area (Å²) in [4.78, 5) is 1.24. The highest BCUT2D eigenvalue weighted by molar-refractivity contribution is 7.98. The maximum atomic E-state index is 8.74. The first-order chi connectivity index (χ1) is 8.83. The number of para-hydroxylation sites is 1. The number of nitrogens with one attached hydrogen (secondary N) is 1. The van der Waals surface area contributed by atoms with E-state index in [4.69, 9.17) is 5.26 Å². The lowest BCUT2D eigenvalue weighted by Crippen LogP contribution is -2.00. The Hall–Kier alpha value is -1.92. The van der Waals surface area contributed by atoms with Gasteiger partial charge < -0.3 is 5.32 Å². The van der Waals surface area contributed by atoms with Crippen LogP contribution >= 0.6 is 11.8 Å². The van der Waals surface area contributed by atoms with Gasteiger partial charge in [-0.25, -0.2) is 0 Å². The molecule has 0 radical (unpaired) electrons. The molecule has 0 amide bonds. The van der Waals surface area contributed by atoms with Crippen molar-refractivity contribution in [3.8, 4) is 6.07 Å². The summed E-state index contributed by atoms with van der Waals surface area (Å²) < 4.78 is 0. The summed E-state index contributed by atoms with van der Waals surface area (Å²) in [6.07, 6.45) is 2.07. The number of nitrogens with zero attached hydrogens (tertiary/aromatic N) is 1. The Morgan fingerprint density at radius 1 is 1.11 bits per heavy atom. The highest BCUT2D eigenvalue weighted by Gasteiger charge is 2.00. The molecule has 1 N–H and O–H groups in total. The Morgan fingerprint density at radius 2 is 1.83 bits per heavy atom. The number of benzene rings is 2. The fourth-order valence-corrected chi connectivity index (χ4v) is 2.26. The SMILES string of the molecule is CSc1ccccc1NCc1ccc(C#N)cc1. The van der Waals surface area contributed by atoms with Crippen molar-refractivity contribution >= 4 is 17.4 Å². The van der Waals surface area contributed by atoms with Crippen molar-refractivity contribution < 1.29 is 0 Å². The molecular weight excluding hydrogens is 240 g/mol. The van der Waals surface area contributed by atoms with Gasteiger partial charge in [-0.2, -0.15) is 5.26 Å². The summed E-state index contributed by atoms with van der Waals surface area (Å²) in [6, 6.07) is 18.0. The number of anilines is 1. The molecule has 0 bridgehead atoms. The smallest absolute Gasteiger partial charge is 0.0991 e. The van der Waals surface area contributed by atoms with Crippen LogP contribution in [0.5, 0.6) is 0 Å². The van der Waals surface area contributed by atoms with E-state index >= 15 is 0 Å². The van der Waals surface area contributed by atoms with E-state index in [-0.39, 0.29) is 0 Å². The second-order valence-corrected chi connectivity index (χ2v) is 4.71. The highest BCUT2D eigenvalue weighted by atomic mass is 32.2. The third-order valence-electron chi connectivity index (χ3n) is 2.67. The average molecular weight is 254 g/mol. The molecule has 0 atom stereocenters. The van der Waals surface area contributed by atoms with Crippen molar-refractivity contribution in [3.63, 3.8) is 0 Å². The van der Waals surface area contributed by atoms with E-state index in [1.165, 1.54) is 10.5 Å². The molecule has 2 nitrogen and oxygen atoms in total. The third kappa shape index (κ3) is 3.06. The molecule has 0 spiro atoms. The predicted octanol–water partition coefficient (Wildman–Crippen LogP) is 3.89. The Kier molecular flexibility index (Phi) is 4.27. The topological polar surface area (TPSA) is 35.8 Å². The average Bonchev–Trinajstić information content (AvgIpc) is 2.46. The number of hydrogen-bond donors (Lipinski definition) is 1. The molecule has 2 aromatic carbocycles. The lowest BCUT2D eigenvalue weighted by atomic mass is 10.1. The fourth-order valence-electron chi connectivity index (χ4n) is 1.69. The van der Waals surface area contributed by atoms with Gasteiger partial charge in [0.1, 0.15) is 0 Å². The summed E-state index contributed by atoms with van der Waals surface area (Å²) >= 11 is 1.73. The van der Waals surface area contributed by atoms with Gasteiger partial charge in [-0.05, 0) is 36.1 Å². The maximum absolute atomic E-state index is 8.74. The molecule has 2 rings (SSSR count). The van der Waals surface area contributed by atoms with E-state index in [0.29, 0.717) is 5.56 Å². The van der Waals surface area contributed by atoms with Gasteiger partial charge in [-0.1, -0.05) is 24.3 Å². The van der Waals surface area contributed by atoms with E-state index in [9.17, 15) is 0 Å². The lowest BCUT2D eigenvalue weighted by molar-refractivity contribution is 1.13. The third-order valence-corrected chi connectivity index (χ3v) is 3.47. The zero-order chi connectivity index (χ0) is 12.8. The highest BCUT2D eigenvalue weighted by Crippen LogP contribution is 2.24. The molecule has 0 heterocycles. The van der Waals surface area contributed by atoms with Crippen LogP contribution in [0.15, 0.2) is 53.4 Å². The van der Waals surface area contributed by atoms with E-state index in [2.05, 4.69) is 29.8 Å². The van der Waals surface area contributed by atoms with Gasteiger partial charge in [0.2, 0.25) is 0 Å². The Bertz CT molecular complexity index is 555. The lowest BCUT2D eigenvalue weighted by Gasteiger charge is -2.10. The van der Waals surface area contributed by atoms with Gasteiger partial charge in [-0.15, -0.1) is 11.8 Å². The molecule has 0 aromatic heterocycles. The number of rotatable bonds is 4. The number of thioether (sulfide) groups is 1. The largest absolute Gasteiger partial charge is 0.380 e. The maximum Gasteiger partial charge on any atom is 0.0991 e. The van der Waals surface area contributed by atoms with Crippen LogP contribution in [-0.2, 0) is 6.54 Å². The molecule has 0 saturated carbocycles. The molecule has 0 saturated heterocycles. The zero-order valence-corrected chi connectivity index (χ0v) is 11.0. The van der Waals surface area contributed by atoms with Crippen LogP contribution < -0.4 is 5.32 Å². The van der Waals surface area contributed by atoms with Crippen LogP contribution in [0.2, 0.25) is 0 Å². The summed E-state index contributed by atoms with van der Waals surface area (Å²) in [5.41, 5.74) is 3.02. The standard InChI is InChI=1S/C15H14N2S/c1-18-15-5-3-2-4-14(15)17-11-13-8-6-12(10-16)7-9-13/h2-9,17H,11H2,1H3. The Morgan fingerprint density at radius 3 is 2.50 bits per heavy atom. The second-order valence-electron chi connectivity index (χ2n) is 3.86. The molecule has 0 aliphatic rings. The van der Waals surface area contributed by atoms with E-state index in [0.717, 1.165) is 12.2 Å². The van der Waals surface area contributed by atoms with Gasteiger partial charge in [0.25, 0.3) is 0 Å². The number of hydrogen-bond acceptors (Lipinski definition) is 3. The van der Waals surface area contributed by atoms with Crippen molar-refractivity contribution in [2.45, 2.75) is 11.4 Å². The summed E-state index contributed by atoms with van der Waals surface area (Å²) in [5.74, 6) is 0. The van der Waals surface area contributed by atoms with Gasteiger partial charge in [0.15, 0.2) is 0 Å². The minimum Gasteiger partial charge on any atom is -0.380 e. The van der Waals surface area contributed by atoms with Gasteiger partial charge in [0, 0.05) is 17.1 Å². The van der Waals surface area contributed by atoms with E-state index in [1.807, 2.05) is 36.4 Å². The predicted molar refractivity (Wildman–Crippen MR) is 76.7 cm³/mol. The Balaban J connectivity index is 2.04. The molecule has 0 aliphatic heterocycles. The molecule has 90 valence electrons. The van der Waals surface area contributed by atoms with Crippen LogP contribution in [0, 0.1) is 11.3 Å². The quantitative estimate of drug-likeness (QED) is 0.841. The van der Waals surface area contributed by atoms with Gasteiger partial charge in [-0.3, -0.25) is 0 Å². The summed E-state index contributed by atoms with van der Waals surface area (Å²) in [6.45, 7) is 0.767. The van der Waals surface area contributed by atoms with Crippen LogP contribution in [0.25, 0.3) is 0 Å². The monoisotopic (exact) mass is 254 g/mol. The van der Waals surface area contributed by atoms with Gasteiger partial charge >= 0.3 is 0 Å². The second kappa shape index (κ2) is 6.13. The van der Waals surface area contributed by atoms with Crippen molar-refractivity contribution in [1.29, 1.82) is 5.26 Å². The van der Waals surface area contributed by atoms with Crippen LogP contribution in [0.3, 0.4) is 0 Å². The van der Waals surface area contributed by atoms with Crippen molar-refractivity contribution in [2.75, 3.05) is 11.6 Å². The van der Waals surface area contributed by atoms with Crippen LogP contribution in [-0.4, -0.2) is 6.26 Å². The van der Waals surface area contributed by atoms with Gasteiger partial charge in [0.05, 0.1) is 11.6 Å². The minimum absolute atomic E-state index is 0.697. The molecule has 18 heavy (non-hydrogen) atoms. The molecular formula is C15H14N2S. The molecule has 2 aromatic rings. The minimum atomic E-state index is 0.697. The zero-order valence-electron chi connectivity index (χ0n) is 10.2. The van der Waals surface area contributed by atoms with Crippen LogP contribution in [0.4, 0.5) is 5.69 Å². The summed E-state index contributed by atoms with van der Waals surface area (Å²) in [7, 11) is 0. The molecule has 3 heteroatoms. The normalized spacial score (nSPS) is 9.78. The Labute approximate surface area is 112 Å². The first-order valence-corrected chi connectivity index (χ1v) is 6.92. The van der Waals surface area contributed by atoms with Crippen molar-refractivity contribution in [2.24, 2.45) is 0 Å². The fraction of sp³-hybridized carbons (Fsp3) is 0.133. The van der Waals surface area contributed by atoms with Crippen LogP contribution in [0.1, 0.15) is 11.1 Å².